The van der Waals surface area contributed by atoms with Gasteiger partial charge in [0.1, 0.15) is 11.4 Å². The summed E-state index contributed by atoms with van der Waals surface area (Å²) in [6.07, 6.45) is 2.99. The molecule has 1 amide bonds. The van der Waals surface area contributed by atoms with Crippen LogP contribution in [0.5, 0.6) is 0 Å². The Balaban J connectivity index is 1.95. The van der Waals surface area contributed by atoms with Crippen LogP contribution in [0.25, 0.3) is 0 Å². The van der Waals surface area contributed by atoms with Crippen LogP contribution in [-0.4, -0.2) is 31.3 Å². The van der Waals surface area contributed by atoms with E-state index in [2.05, 4.69) is 20.8 Å². The minimum Gasteiger partial charge on any atom is -0.444 e. The third kappa shape index (κ3) is 4.82. The highest BCUT2D eigenvalue weighted by atomic mass is 16.6. The van der Waals surface area contributed by atoms with Crippen LogP contribution in [-0.2, 0) is 31.9 Å². The molecule has 0 fully saturated rings. The van der Waals surface area contributed by atoms with Gasteiger partial charge in [-0.15, -0.1) is 0 Å². The van der Waals surface area contributed by atoms with E-state index in [1.807, 2.05) is 38.6 Å². The highest BCUT2D eigenvalue weighted by Gasteiger charge is 2.19. The Morgan fingerprint density at radius 2 is 1.96 bits per heavy atom. The SMILES string of the molecule is Cn1nccc1CNCc1cnn(C)c1NC(=O)OC(C)(C)C. The van der Waals surface area contributed by atoms with Crippen LogP contribution >= 0.6 is 0 Å². The van der Waals surface area contributed by atoms with Gasteiger partial charge in [0.15, 0.2) is 0 Å². The zero-order valence-electron chi connectivity index (χ0n) is 14.3. The van der Waals surface area contributed by atoms with Crippen LogP contribution in [0.1, 0.15) is 32.0 Å². The first kappa shape index (κ1) is 17.0. The van der Waals surface area contributed by atoms with Crippen LogP contribution in [0.15, 0.2) is 18.5 Å². The molecule has 23 heavy (non-hydrogen) atoms. The van der Waals surface area contributed by atoms with Crippen molar-refractivity contribution in [2.24, 2.45) is 14.1 Å². The molecule has 2 aromatic heterocycles. The summed E-state index contributed by atoms with van der Waals surface area (Å²) in [6.45, 7) is 6.73. The van der Waals surface area contributed by atoms with E-state index in [1.54, 1.807) is 24.1 Å². The highest BCUT2D eigenvalue weighted by Crippen LogP contribution is 2.16. The fraction of sp³-hybridized carbons (Fsp3) is 0.533. The quantitative estimate of drug-likeness (QED) is 0.877. The van der Waals surface area contributed by atoms with Gasteiger partial charge in [-0.1, -0.05) is 0 Å². The van der Waals surface area contributed by atoms with E-state index in [0.717, 1.165) is 11.3 Å². The van der Waals surface area contributed by atoms with E-state index in [0.29, 0.717) is 18.9 Å². The average Bonchev–Trinajstić information content (AvgIpc) is 2.97. The standard InChI is InChI=1S/C15H24N6O2/c1-15(2,3)23-14(22)19-13-11(9-18-21(13)5)8-16-10-12-6-7-17-20(12)4/h6-7,9,16H,8,10H2,1-5H3,(H,19,22). The van der Waals surface area contributed by atoms with Crippen LogP contribution < -0.4 is 10.6 Å². The molecule has 0 spiro atoms. The fourth-order valence-corrected chi connectivity index (χ4v) is 2.07. The number of aryl methyl sites for hydroxylation is 2. The number of aromatic nitrogens is 4. The van der Waals surface area contributed by atoms with E-state index in [-0.39, 0.29) is 0 Å². The van der Waals surface area contributed by atoms with E-state index >= 15 is 0 Å². The summed E-state index contributed by atoms with van der Waals surface area (Å²) in [7, 11) is 3.67. The Morgan fingerprint density at radius 1 is 1.22 bits per heavy atom. The van der Waals surface area contributed by atoms with Crippen molar-refractivity contribution in [3.8, 4) is 0 Å². The molecule has 0 saturated carbocycles. The Kier molecular flexibility index (Phi) is 5.05. The number of carbonyl (C=O) groups excluding carboxylic acids is 1. The first-order chi connectivity index (χ1) is 10.8. The Hall–Kier alpha value is -2.35. The predicted octanol–water partition coefficient (Wildman–Crippen LogP) is 1.79. The lowest BCUT2D eigenvalue weighted by Crippen LogP contribution is -2.28. The van der Waals surface area contributed by atoms with Gasteiger partial charge in [0, 0.05) is 38.9 Å². The second-order valence-corrected chi connectivity index (χ2v) is 6.32. The van der Waals surface area contributed by atoms with Gasteiger partial charge in [-0.05, 0) is 26.8 Å². The number of rotatable bonds is 5. The number of nitrogens with zero attached hydrogens (tertiary/aromatic N) is 4. The number of hydrogen-bond donors (Lipinski definition) is 2. The number of amides is 1. The average molecular weight is 320 g/mol. The maximum Gasteiger partial charge on any atom is 0.413 e. The van der Waals surface area contributed by atoms with E-state index in [4.69, 9.17) is 4.74 Å². The third-order valence-corrected chi connectivity index (χ3v) is 3.18. The Morgan fingerprint density at radius 3 is 2.57 bits per heavy atom. The molecule has 126 valence electrons. The van der Waals surface area contributed by atoms with Gasteiger partial charge in [-0.3, -0.25) is 14.7 Å². The van der Waals surface area contributed by atoms with E-state index in [9.17, 15) is 4.79 Å². The lowest BCUT2D eigenvalue weighted by molar-refractivity contribution is 0.0634. The van der Waals surface area contributed by atoms with Crippen LogP contribution in [0.3, 0.4) is 0 Å². The molecular formula is C15H24N6O2. The summed E-state index contributed by atoms with van der Waals surface area (Å²) >= 11 is 0. The molecule has 0 unspecified atom stereocenters. The number of hydrogen-bond acceptors (Lipinski definition) is 5. The third-order valence-electron chi connectivity index (χ3n) is 3.18. The van der Waals surface area contributed by atoms with E-state index in [1.165, 1.54) is 0 Å². The minimum absolute atomic E-state index is 0.492. The highest BCUT2D eigenvalue weighted by molar-refractivity contribution is 5.84. The van der Waals surface area contributed by atoms with Gasteiger partial charge >= 0.3 is 6.09 Å². The minimum atomic E-state index is -0.541. The van der Waals surface area contributed by atoms with Crippen molar-refractivity contribution in [1.29, 1.82) is 0 Å². The molecule has 0 aliphatic carbocycles. The van der Waals surface area contributed by atoms with E-state index < -0.39 is 11.7 Å². The van der Waals surface area contributed by atoms with Crippen LogP contribution in [0.4, 0.5) is 10.6 Å². The lowest BCUT2D eigenvalue weighted by Gasteiger charge is -2.20. The smallest absolute Gasteiger partial charge is 0.413 e. The van der Waals surface area contributed by atoms with Crippen LogP contribution in [0.2, 0.25) is 0 Å². The number of carbonyl (C=O) groups is 1. The molecule has 0 saturated heterocycles. The second kappa shape index (κ2) is 6.82. The van der Waals surface area contributed by atoms with Gasteiger partial charge < -0.3 is 10.1 Å². The molecule has 0 aliphatic heterocycles. The maximum absolute atomic E-state index is 11.9. The van der Waals surface area contributed by atoms with Crippen molar-refractivity contribution in [3.05, 3.63) is 29.7 Å². The fourth-order valence-electron chi connectivity index (χ4n) is 2.07. The predicted molar refractivity (Wildman–Crippen MR) is 86.8 cm³/mol. The van der Waals surface area contributed by atoms with Gasteiger partial charge in [0.05, 0.1) is 11.9 Å². The first-order valence-electron chi connectivity index (χ1n) is 7.45. The number of anilines is 1. The normalized spacial score (nSPS) is 11.5. The molecule has 2 N–H and O–H groups in total. The summed E-state index contributed by atoms with van der Waals surface area (Å²) in [5.41, 5.74) is 1.43. The monoisotopic (exact) mass is 320 g/mol. The molecule has 0 atom stereocenters. The Labute approximate surface area is 135 Å². The van der Waals surface area contributed by atoms with Crippen molar-refractivity contribution in [2.45, 2.75) is 39.5 Å². The molecule has 2 rings (SSSR count). The van der Waals surface area contributed by atoms with Crippen molar-refractivity contribution in [2.75, 3.05) is 5.32 Å². The topological polar surface area (TPSA) is 86.0 Å². The molecular weight excluding hydrogens is 296 g/mol. The van der Waals surface area contributed by atoms with Gasteiger partial charge in [-0.2, -0.15) is 10.2 Å². The van der Waals surface area contributed by atoms with Gasteiger partial charge in [-0.25, -0.2) is 4.79 Å². The molecule has 0 aromatic carbocycles. The zero-order chi connectivity index (χ0) is 17.0. The molecule has 0 aliphatic rings. The molecule has 2 heterocycles. The summed E-state index contributed by atoms with van der Waals surface area (Å²) in [5, 5.41) is 14.4. The summed E-state index contributed by atoms with van der Waals surface area (Å²) in [4.78, 5) is 11.9. The van der Waals surface area contributed by atoms with Gasteiger partial charge in [0.25, 0.3) is 0 Å². The molecule has 2 aromatic rings. The summed E-state index contributed by atoms with van der Waals surface area (Å²) < 4.78 is 8.71. The first-order valence-corrected chi connectivity index (χ1v) is 7.45. The second-order valence-electron chi connectivity index (χ2n) is 6.32. The van der Waals surface area contributed by atoms with Crippen LogP contribution in [0, 0.1) is 0 Å². The largest absolute Gasteiger partial charge is 0.444 e. The lowest BCUT2D eigenvalue weighted by atomic mass is 10.2. The number of nitrogens with one attached hydrogen (secondary N) is 2. The van der Waals surface area contributed by atoms with Crippen molar-refractivity contribution in [3.63, 3.8) is 0 Å². The number of ether oxygens (including phenoxy) is 1. The van der Waals surface area contributed by atoms with Crippen molar-refractivity contribution < 1.29 is 9.53 Å². The Bertz CT molecular complexity index is 668. The molecule has 0 bridgehead atoms. The molecule has 8 nitrogen and oxygen atoms in total. The van der Waals surface area contributed by atoms with Gasteiger partial charge in [0.2, 0.25) is 0 Å². The molecule has 8 heteroatoms. The summed E-state index contributed by atoms with van der Waals surface area (Å²) in [6, 6.07) is 1.95. The van der Waals surface area contributed by atoms with Crippen molar-refractivity contribution in [1.82, 2.24) is 24.9 Å². The maximum atomic E-state index is 11.9. The summed E-state index contributed by atoms with van der Waals surface area (Å²) in [5.74, 6) is 0.622. The molecule has 0 radical (unpaired) electrons. The van der Waals surface area contributed by atoms with Crippen molar-refractivity contribution >= 4 is 11.9 Å². The zero-order valence-corrected chi connectivity index (χ0v) is 14.3.